The Morgan fingerprint density at radius 3 is 2.70 bits per heavy atom. The van der Waals surface area contributed by atoms with Crippen molar-refractivity contribution in [2.75, 3.05) is 18.5 Å². The molecular weight excluding hydrogens is 318 g/mol. The minimum absolute atomic E-state index is 0.0942. The highest BCUT2D eigenvalue weighted by atomic mass is 79.9. The number of pyridine rings is 1. The zero-order valence-corrected chi connectivity index (χ0v) is 12.9. The van der Waals surface area contributed by atoms with Crippen LogP contribution in [0.25, 0.3) is 10.9 Å². The molecule has 0 amide bonds. The second-order valence-electron chi connectivity index (χ2n) is 5.57. The van der Waals surface area contributed by atoms with E-state index in [1.54, 1.807) is 6.07 Å². The molecule has 2 heterocycles. The van der Waals surface area contributed by atoms with Crippen LogP contribution in [0.3, 0.4) is 0 Å². The monoisotopic (exact) mass is 335 g/mol. The first kappa shape index (κ1) is 13.8. The van der Waals surface area contributed by atoms with Gasteiger partial charge in [0.25, 0.3) is 0 Å². The standard InChI is InChI=1S/C16H18BrNO2/c17-11-16(6-9-20-10-7-16)12-18-8-5-15(19)13-3-1-2-4-14(13)18/h1-5,8H,6-7,9-12H2. The zero-order valence-electron chi connectivity index (χ0n) is 11.3. The van der Waals surface area contributed by atoms with Crippen molar-refractivity contribution in [2.24, 2.45) is 5.41 Å². The molecule has 1 fully saturated rings. The van der Waals surface area contributed by atoms with E-state index in [1.165, 1.54) is 0 Å². The Labute approximate surface area is 126 Å². The Hall–Kier alpha value is -1.13. The number of aromatic nitrogens is 1. The molecule has 0 atom stereocenters. The largest absolute Gasteiger partial charge is 0.381 e. The van der Waals surface area contributed by atoms with Crippen molar-refractivity contribution >= 4 is 26.8 Å². The van der Waals surface area contributed by atoms with Gasteiger partial charge in [0, 0.05) is 48.2 Å². The molecule has 20 heavy (non-hydrogen) atoms. The maximum atomic E-state index is 11.9. The molecule has 1 aliphatic rings. The van der Waals surface area contributed by atoms with Gasteiger partial charge in [0.05, 0.1) is 5.52 Å². The van der Waals surface area contributed by atoms with Gasteiger partial charge in [-0.05, 0) is 25.0 Å². The van der Waals surface area contributed by atoms with Gasteiger partial charge in [-0.15, -0.1) is 0 Å². The molecule has 0 N–H and O–H groups in total. The van der Waals surface area contributed by atoms with Crippen LogP contribution in [0.4, 0.5) is 0 Å². The van der Waals surface area contributed by atoms with Gasteiger partial charge in [0.15, 0.2) is 5.43 Å². The number of ether oxygens (including phenoxy) is 1. The van der Waals surface area contributed by atoms with E-state index in [0.717, 1.165) is 48.8 Å². The fourth-order valence-corrected chi connectivity index (χ4v) is 3.64. The van der Waals surface area contributed by atoms with Gasteiger partial charge in [-0.2, -0.15) is 0 Å². The first-order valence-corrected chi connectivity index (χ1v) is 8.08. The summed E-state index contributed by atoms with van der Waals surface area (Å²) in [4.78, 5) is 11.9. The lowest BCUT2D eigenvalue weighted by molar-refractivity contribution is 0.0191. The molecule has 4 heteroatoms. The summed E-state index contributed by atoms with van der Waals surface area (Å²) in [6, 6.07) is 9.51. The molecule has 1 aromatic carbocycles. The summed E-state index contributed by atoms with van der Waals surface area (Å²) in [7, 11) is 0. The molecule has 1 aliphatic heterocycles. The van der Waals surface area contributed by atoms with Gasteiger partial charge in [0.2, 0.25) is 0 Å². The van der Waals surface area contributed by atoms with Crippen LogP contribution >= 0.6 is 15.9 Å². The molecule has 1 saturated heterocycles. The molecule has 1 aromatic heterocycles. The van der Waals surface area contributed by atoms with E-state index >= 15 is 0 Å². The molecule has 0 aliphatic carbocycles. The van der Waals surface area contributed by atoms with Crippen molar-refractivity contribution in [1.29, 1.82) is 0 Å². The number of hydrogen-bond acceptors (Lipinski definition) is 2. The lowest BCUT2D eigenvalue weighted by Gasteiger charge is -2.36. The van der Waals surface area contributed by atoms with Crippen LogP contribution in [-0.2, 0) is 11.3 Å². The Bertz CT molecular complexity index is 659. The predicted octanol–water partition coefficient (Wildman–Crippen LogP) is 3.19. The van der Waals surface area contributed by atoms with Crippen LogP contribution in [0.2, 0.25) is 0 Å². The van der Waals surface area contributed by atoms with Crippen LogP contribution < -0.4 is 5.43 Å². The van der Waals surface area contributed by atoms with Crippen LogP contribution in [-0.4, -0.2) is 23.1 Å². The summed E-state index contributed by atoms with van der Waals surface area (Å²) in [5.41, 5.74) is 1.33. The SMILES string of the molecule is O=c1ccn(CC2(CBr)CCOCC2)c2ccccc12. The molecule has 0 bridgehead atoms. The van der Waals surface area contributed by atoms with Gasteiger partial charge in [0.1, 0.15) is 0 Å². The molecule has 2 aromatic rings. The van der Waals surface area contributed by atoms with E-state index in [4.69, 9.17) is 4.74 Å². The number of halogens is 1. The Morgan fingerprint density at radius 2 is 1.95 bits per heavy atom. The van der Waals surface area contributed by atoms with Crippen molar-refractivity contribution in [3.63, 3.8) is 0 Å². The maximum Gasteiger partial charge on any atom is 0.189 e. The number of alkyl halides is 1. The van der Waals surface area contributed by atoms with Gasteiger partial charge >= 0.3 is 0 Å². The van der Waals surface area contributed by atoms with E-state index < -0.39 is 0 Å². The number of benzene rings is 1. The molecule has 0 spiro atoms. The highest BCUT2D eigenvalue weighted by Gasteiger charge is 2.32. The molecule has 106 valence electrons. The van der Waals surface area contributed by atoms with Crippen molar-refractivity contribution in [1.82, 2.24) is 4.57 Å². The van der Waals surface area contributed by atoms with E-state index in [9.17, 15) is 4.79 Å². The quantitative estimate of drug-likeness (QED) is 0.806. The van der Waals surface area contributed by atoms with Crippen LogP contribution in [0.1, 0.15) is 12.8 Å². The highest BCUT2D eigenvalue weighted by Crippen LogP contribution is 2.35. The fraction of sp³-hybridized carbons (Fsp3) is 0.438. The number of nitrogens with zero attached hydrogens (tertiary/aromatic N) is 1. The predicted molar refractivity (Wildman–Crippen MR) is 84.5 cm³/mol. The average Bonchev–Trinajstić information content (AvgIpc) is 2.51. The van der Waals surface area contributed by atoms with Crippen LogP contribution in [0.5, 0.6) is 0 Å². The first-order valence-electron chi connectivity index (χ1n) is 6.96. The van der Waals surface area contributed by atoms with Crippen LogP contribution in [0, 0.1) is 5.41 Å². The number of fused-ring (bicyclic) bond motifs is 1. The molecular formula is C16H18BrNO2. The maximum absolute atomic E-state index is 11.9. The summed E-state index contributed by atoms with van der Waals surface area (Å²) >= 11 is 3.67. The van der Waals surface area contributed by atoms with Crippen molar-refractivity contribution in [3.8, 4) is 0 Å². The summed E-state index contributed by atoms with van der Waals surface area (Å²) in [5, 5.41) is 1.76. The smallest absolute Gasteiger partial charge is 0.189 e. The van der Waals surface area contributed by atoms with Gasteiger partial charge in [-0.1, -0.05) is 28.1 Å². The Morgan fingerprint density at radius 1 is 1.20 bits per heavy atom. The minimum Gasteiger partial charge on any atom is -0.381 e. The van der Waals surface area contributed by atoms with E-state index in [2.05, 4.69) is 20.5 Å². The normalized spacial score (nSPS) is 18.2. The number of rotatable bonds is 3. The number of para-hydroxylation sites is 1. The Balaban J connectivity index is 2.02. The third-order valence-electron chi connectivity index (χ3n) is 4.23. The van der Waals surface area contributed by atoms with E-state index in [1.807, 2.05) is 30.5 Å². The minimum atomic E-state index is 0.0942. The van der Waals surface area contributed by atoms with Crippen molar-refractivity contribution < 1.29 is 4.74 Å². The van der Waals surface area contributed by atoms with Crippen molar-refractivity contribution in [3.05, 3.63) is 46.8 Å². The lowest BCUT2D eigenvalue weighted by Crippen LogP contribution is -2.35. The van der Waals surface area contributed by atoms with Crippen molar-refractivity contribution in [2.45, 2.75) is 19.4 Å². The first-order chi connectivity index (χ1) is 9.74. The summed E-state index contributed by atoms with van der Waals surface area (Å²) < 4.78 is 7.70. The average molecular weight is 336 g/mol. The molecule has 0 unspecified atom stereocenters. The fourth-order valence-electron chi connectivity index (χ4n) is 2.90. The summed E-state index contributed by atoms with van der Waals surface area (Å²) in [6.45, 7) is 2.57. The second-order valence-corrected chi connectivity index (χ2v) is 6.13. The van der Waals surface area contributed by atoms with Gasteiger partial charge in [-0.3, -0.25) is 4.79 Å². The highest BCUT2D eigenvalue weighted by molar-refractivity contribution is 9.09. The van der Waals surface area contributed by atoms with E-state index in [0.29, 0.717) is 0 Å². The van der Waals surface area contributed by atoms with Crippen LogP contribution in [0.15, 0.2) is 41.3 Å². The third-order valence-corrected chi connectivity index (χ3v) is 5.42. The summed E-state index contributed by atoms with van der Waals surface area (Å²) in [6.07, 6.45) is 4.03. The van der Waals surface area contributed by atoms with E-state index in [-0.39, 0.29) is 10.8 Å². The molecule has 3 rings (SSSR count). The number of hydrogen-bond donors (Lipinski definition) is 0. The second kappa shape index (κ2) is 5.70. The van der Waals surface area contributed by atoms with Gasteiger partial charge < -0.3 is 9.30 Å². The molecule has 0 saturated carbocycles. The lowest BCUT2D eigenvalue weighted by atomic mass is 9.82. The zero-order chi connectivity index (χ0) is 14.0. The topological polar surface area (TPSA) is 31.2 Å². The van der Waals surface area contributed by atoms with Gasteiger partial charge in [-0.25, -0.2) is 0 Å². The Kier molecular flexibility index (Phi) is 3.94. The summed E-state index contributed by atoms with van der Waals surface area (Å²) in [5.74, 6) is 0. The third kappa shape index (κ3) is 2.54. The molecule has 3 nitrogen and oxygen atoms in total. The molecule has 0 radical (unpaired) electrons.